The lowest BCUT2D eigenvalue weighted by molar-refractivity contribution is -0.136. The Morgan fingerprint density at radius 1 is 1.32 bits per heavy atom. The van der Waals surface area contributed by atoms with Gasteiger partial charge in [-0.1, -0.05) is 29.8 Å². The summed E-state index contributed by atoms with van der Waals surface area (Å²) in [4.78, 5) is 25.3. The molecule has 4 N–H and O–H groups in total. The van der Waals surface area contributed by atoms with E-state index in [2.05, 4.69) is 11.2 Å². The van der Waals surface area contributed by atoms with Crippen molar-refractivity contribution in [2.24, 2.45) is 5.73 Å². The van der Waals surface area contributed by atoms with E-state index in [4.69, 9.17) is 31.9 Å². The van der Waals surface area contributed by atoms with E-state index in [0.717, 1.165) is 0 Å². The lowest BCUT2D eigenvalue weighted by Gasteiger charge is -2.31. The summed E-state index contributed by atoms with van der Waals surface area (Å²) in [5.74, 6) is -0.00109. The maximum atomic E-state index is 12.8. The number of halogens is 1. The lowest BCUT2D eigenvalue weighted by Crippen LogP contribution is -2.34. The highest BCUT2D eigenvalue weighted by molar-refractivity contribution is 6.31. The van der Waals surface area contributed by atoms with Gasteiger partial charge in [0, 0.05) is 34.5 Å². The molecule has 1 unspecified atom stereocenters. The summed E-state index contributed by atoms with van der Waals surface area (Å²) in [6, 6.07) is 6.86. The smallest absolute Gasteiger partial charge is 0.336 e. The van der Waals surface area contributed by atoms with Crippen molar-refractivity contribution in [3.63, 3.8) is 0 Å². The molecule has 0 amide bonds. The number of Topliss-reactive ketones (excluding diaryl/α,β-unsaturated/α-hetero) is 1. The third kappa shape index (κ3) is 4.54. The van der Waals surface area contributed by atoms with Gasteiger partial charge in [0.1, 0.15) is 6.11 Å². The summed E-state index contributed by atoms with van der Waals surface area (Å²) in [6.07, 6.45) is 1.62. The molecule has 0 aromatic heterocycles. The molecule has 28 heavy (non-hydrogen) atoms. The van der Waals surface area contributed by atoms with Gasteiger partial charge in [-0.3, -0.25) is 4.79 Å². The number of benzene rings is 1. The van der Waals surface area contributed by atoms with Gasteiger partial charge in [0.15, 0.2) is 0 Å². The standard InChI is InChI=1S/C20H21ClN2O5/c1-12-17(20(26)27-2)18(13-5-3-4-6-14(13)21)19(16(25)7-9-24)15(23-12)11-28-10-8-22/h3-6,18,23-24H,8,10-11,22H2,1-2H3. The number of aliphatic hydroxyl groups excluding tert-OH is 1. The minimum atomic E-state index is -0.841. The van der Waals surface area contributed by atoms with Crippen LogP contribution in [0.1, 0.15) is 18.4 Å². The first-order valence-corrected chi connectivity index (χ1v) is 8.84. The molecule has 1 aliphatic rings. The van der Waals surface area contributed by atoms with E-state index >= 15 is 0 Å². The number of carbonyl (C=O) groups is 2. The average Bonchev–Trinajstić information content (AvgIpc) is 2.67. The van der Waals surface area contributed by atoms with Gasteiger partial charge >= 0.3 is 5.97 Å². The minimum absolute atomic E-state index is 0.0398. The van der Waals surface area contributed by atoms with E-state index in [0.29, 0.717) is 28.5 Å². The zero-order valence-electron chi connectivity index (χ0n) is 15.5. The van der Waals surface area contributed by atoms with Crippen LogP contribution in [0.25, 0.3) is 0 Å². The summed E-state index contributed by atoms with van der Waals surface area (Å²) in [5, 5.41) is 12.3. The third-order valence-corrected chi connectivity index (χ3v) is 4.53. The second-order valence-electron chi connectivity index (χ2n) is 5.91. The van der Waals surface area contributed by atoms with Crippen molar-refractivity contribution in [1.29, 1.82) is 0 Å². The monoisotopic (exact) mass is 404 g/mol. The van der Waals surface area contributed by atoms with E-state index in [1.165, 1.54) is 7.11 Å². The van der Waals surface area contributed by atoms with Gasteiger partial charge < -0.3 is 25.6 Å². The van der Waals surface area contributed by atoms with Crippen LogP contribution in [0.15, 0.2) is 46.8 Å². The predicted molar refractivity (Wildman–Crippen MR) is 104 cm³/mol. The molecule has 1 atom stereocenters. The van der Waals surface area contributed by atoms with Crippen molar-refractivity contribution in [1.82, 2.24) is 5.32 Å². The molecule has 0 fully saturated rings. The number of nitrogens with two attached hydrogens (primary N) is 1. The summed E-state index contributed by atoms with van der Waals surface area (Å²) in [5.41, 5.74) is 7.28. The number of hydrogen-bond acceptors (Lipinski definition) is 7. The number of ether oxygens (including phenoxy) is 2. The van der Waals surface area contributed by atoms with Gasteiger partial charge in [0.2, 0.25) is 5.78 Å². The fourth-order valence-electron chi connectivity index (χ4n) is 3.05. The number of esters is 1. The highest BCUT2D eigenvalue weighted by atomic mass is 35.5. The van der Waals surface area contributed by atoms with E-state index < -0.39 is 17.7 Å². The maximum absolute atomic E-state index is 12.8. The van der Waals surface area contributed by atoms with Gasteiger partial charge in [0.25, 0.3) is 0 Å². The number of ketones is 1. The van der Waals surface area contributed by atoms with Crippen LogP contribution in [-0.2, 0) is 19.1 Å². The van der Waals surface area contributed by atoms with Crippen LogP contribution in [0.3, 0.4) is 0 Å². The van der Waals surface area contributed by atoms with E-state index in [-0.39, 0.29) is 24.4 Å². The third-order valence-electron chi connectivity index (χ3n) is 4.19. The Morgan fingerprint density at radius 3 is 2.64 bits per heavy atom. The Morgan fingerprint density at radius 2 is 2.04 bits per heavy atom. The minimum Gasteiger partial charge on any atom is -0.466 e. The van der Waals surface area contributed by atoms with E-state index in [1.54, 1.807) is 37.3 Å². The molecular weight excluding hydrogens is 384 g/mol. The largest absolute Gasteiger partial charge is 0.466 e. The molecule has 1 heterocycles. The second kappa shape index (κ2) is 9.95. The quantitative estimate of drug-likeness (QED) is 0.359. The molecule has 0 radical (unpaired) electrons. The van der Waals surface area contributed by atoms with Crippen molar-refractivity contribution < 1.29 is 24.2 Å². The summed E-state index contributed by atoms with van der Waals surface area (Å²) < 4.78 is 10.4. The molecule has 8 heteroatoms. The Hall–Kier alpha value is -2.79. The number of hydrogen-bond donors (Lipinski definition) is 3. The second-order valence-corrected chi connectivity index (χ2v) is 6.32. The molecule has 1 aromatic carbocycles. The van der Waals surface area contributed by atoms with Gasteiger partial charge in [-0.15, -0.1) is 0 Å². The summed E-state index contributed by atoms with van der Waals surface area (Å²) >= 11 is 6.38. The molecule has 0 saturated carbocycles. The molecule has 0 bridgehead atoms. The molecule has 1 aromatic rings. The molecule has 1 aliphatic heterocycles. The van der Waals surface area contributed by atoms with Crippen LogP contribution in [0.2, 0.25) is 5.02 Å². The molecule has 0 saturated heterocycles. The Balaban J connectivity index is 2.72. The maximum Gasteiger partial charge on any atom is 0.336 e. The highest BCUT2D eigenvalue weighted by Gasteiger charge is 2.38. The normalized spacial score (nSPS) is 16.2. The van der Waals surface area contributed by atoms with Crippen LogP contribution in [0.5, 0.6) is 0 Å². The topological polar surface area (TPSA) is 111 Å². The van der Waals surface area contributed by atoms with Gasteiger partial charge in [0.05, 0.1) is 31.8 Å². The van der Waals surface area contributed by atoms with Gasteiger partial charge in [-0.25, -0.2) is 4.79 Å². The molecule has 2 rings (SSSR count). The van der Waals surface area contributed by atoms with Crippen LogP contribution in [0.4, 0.5) is 0 Å². The van der Waals surface area contributed by atoms with E-state index in [9.17, 15) is 9.59 Å². The molecule has 7 nitrogen and oxygen atoms in total. The number of carbonyl (C=O) groups excluding carboxylic acids is 2. The Kier molecular flexibility index (Phi) is 7.64. The van der Waals surface area contributed by atoms with Crippen molar-refractivity contribution in [2.75, 3.05) is 26.9 Å². The SMILES string of the molecule is COC(=O)C1=C(C)NC(COCCN)=C(C(=O)C#CO)C1c1ccccc1Cl. The summed E-state index contributed by atoms with van der Waals surface area (Å²) in [7, 11) is 1.25. The van der Waals surface area contributed by atoms with Crippen LogP contribution < -0.4 is 11.1 Å². The fraction of sp³-hybridized carbons (Fsp3) is 0.300. The number of methoxy groups -OCH3 is 1. The van der Waals surface area contributed by atoms with Crippen LogP contribution in [-0.4, -0.2) is 43.7 Å². The van der Waals surface area contributed by atoms with Crippen LogP contribution >= 0.6 is 11.6 Å². The Labute approximate surface area is 168 Å². The Bertz CT molecular complexity index is 895. The zero-order chi connectivity index (χ0) is 20.7. The molecule has 0 aliphatic carbocycles. The first-order chi connectivity index (χ1) is 13.5. The van der Waals surface area contributed by atoms with Crippen molar-refractivity contribution in [3.05, 3.63) is 57.4 Å². The fourth-order valence-corrected chi connectivity index (χ4v) is 3.30. The summed E-state index contributed by atoms with van der Waals surface area (Å²) in [6.45, 7) is 2.32. The average molecular weight is 405 g/mol. The van der Waals surface area contributed by atoms with Gasteiger partial charge in [-0.2, -0.15) is 0 Å². The number of dihydropyridines is 1. The first kappa shape index (κ1) is 21.5. The molecule has 148 valence electrons. The van der Waals surface area contributed by atoms with Crippen molar-refractivity contribution >= 4 is 23.4 Å². The highest BCUT2D eigenvalue weighted by Crippen LogP contribution is 2.41. The van der Waals surface area contributed by atoms with E-state index in [1.807, 2.05) is 0 Å². The van der Waals surface area contributed by atoms with Crippen molar-refractivity contribution in [2.45, 2.75) is 12.8 Å². The number of nitrogens with one attached hydrogen (secondary N) is 1. The lowest BCUT2D eigenvalue weighted by atomic mass is 9.78. The first-order valence-electron chi connectivity index (χ1n) is 8.47. The number of aliphatic hydroxyl groups is 1. The molecule has 0 spiro atoms. The van der Waals surface area contributed by atoms with Crippen LogP contribution in [0, 0.1) is 12.0 Å². The zero-order valence-corrected chi connectivity index (χ0v) is 16.3. The van der Waals surface area contributed by atoms with Gasteiger partial charge in [-0.05, 0) is 18.6 Å². The van der Waals surface area contributed by atoms with Crippen molar-refractivity contribution in [3.8, 4) is 12.0 Å². The number of rotatable bonds is 7. The predicted octanol–water partition coefficient (Wildman–Crippen LogP) is 1.61. The number of allylic oxidation sites excluding steroid dienone is 2. The molecular formula is C20H21ClN2O5.